The molecule has 2 atom stereocenters. The van der Waals surface area contributed by atoms with Gasteiger partial charge in [-0.1, -0.05) is 91.9 Å². The van der Waals surface area contributed by atoms with E-state index < -0.39 is 20.8 Å². The zero-order chi connectivity index (χ0) is 17.7. The topological polar surface area (TPSA) is 0 Å². The van der Waals surface area contributed by atoms with Gasteiger partial charge in [0.1, 0.15) is 0 Å². The molecule has 1 aliphatic rings. The van der Waals surface area contributed by atoms with Crippen LogP contribution in [0.15, 0.2) is 84.9 Å². The van der Waals surface area contributed by atoms with E-state index in [1.807, 2.05) is 0 Å². The van der Waals surface area contributed by atoms with Crippen LogP contribution in [0.1, 0.15) is 35.1 Å². The van der Waals surface area contributed by atoms with E-state index in [2.05, 4.69) is 91.9 Å². The van der Waals surface area contributed by atoms with E-state index in [1.165, 1.54) is 22.3 Å². The minimum atomic E-state index is -0.826. The van der Waals surface area contributed by atoms with Crippen LogP contribution in [0.5, 0.6) is 0 Å². The molecule has 0 aliphatic heterocycles. The molecule has 0 bridgehead atoms. The molecule has 126 valence electrons. The van der Waals surface area contributed by atoms with Crippen LogP contribution in [-0.2, 0) is 32.7 Å². The Kier molecular flexibility index (Phi) is 6.56. The first-order valence-corrected chi connectivity index (χ1v) is 14.7. The van der Waals surface area contributed by atoms with E-state index in [0.717, 1.165) is 6.42 Å². The van der Waals surface area contributed by atoms with Gasteiger partial charge in [-0.2, -0.15) is 0 Å². The van der Waals surface area contributed by atoms with Gasteiger partial charge in [0, 0.05) is 11.3 Å². The van der Waals surface area contributed by atoms with E-state index in [-0.39, 0.29) is 5.41 Å². The van der Waals surface area contributed by atoms with Crippen molar-refractivity contribution < 1.29 is 20.8 Å². The van der Waals surface area contributed by atoms with Crippen molar-refractivity contribution in [2.24, 2.45) is 0 Å². The fraction of sp³-hybridized carbons (Fsp3) is 0.182. The standard InChI is InChI=1S/C22H20.2ClH.Zr/c1-22(19-13-6-3-7-14-19)16-18-12-8-9-15-20(18)21(22)17-10-4-2-5-11-17;;;/h2-15,21H,16H2,1H3;2*1H;/q;;;+2/p-2. The van der Waals surface area contributed by atoms with Gasteiger partial charge >= 0.3 is 37.9 Å². The van der Waals surface area contributed by atoms with Gasteiger partial charge in [-0.15, -0.1) is 0 Å². The Morgan fingerprint density at radius 1 is 0.800 bits per heavy atom. The van der Waals surface area contributed by atoms with Gasteiger partial charge in [-0.3, -0.25) is 0 Å². The van der Waals surface area contributed by atoms with Gasteiger partial charge in [0.15, 0.2) is 0 Å². The summed E-state index contributed by atoms with van der Waals surface area (Å²) in [6.45, 7) is 2.42. The Morgan fingerprint density at radius 3 is 1.96 bits per heavy atom. The van der Waals surface area contributed by atoms with Crippen LogP contribution in [0.3, 0.4) is 0 Å². The first-order valence-electron chi connectivity index (χ1n) is 8.35. The Morgan fingerprint density at radius 2 is 1.32 bits per heavy atom. The van der Waals surface area contributed by atoms with Crippen LogP contribution in [0.4, 0.5) is 0 Å². The summed E-state index contributed by atoms with van der Waals surface area (Å²) in [7, 11) is 9.87. The normalized spacial score (nSPS) is 21.0. The van der Waals surface area contributed by atoms with Gasteiger partial charge < -0.3 is 0 Å². The molecular weight excluding hydrogens is 426 g/mol. The van der Waals surface area contributed by atoms with Crippen LogP contribution >= 0.6 is 17.0 Å². The number of halogens is 2. The molecule has 3 aromatic carbocycles. The van der Waals surface area contributed by atoms with Crippen molar-refractivity contribution in [3.63, 3.8) is 0 Å². The van der Waals surface area contributed by atoms with Crippen molar-refractivity contribution in [3.8, 4) is 0 Å². The van der Waals surface area contributed by atoms with Crippen LogP contribution in [0.25, 0.3) is 0 Å². The van der Waals surface area contributed by atoms with Crippen LogP contribution < -0.4 is 0 Å². The van der Waals surface area contributed by atoms with Gasteiger partial charge in [-0.05, 0) is 28.7 Å². The second-order valence-corrected chi connectivity index (χ2v) is 10.3. The molecule has 0 saturated carbocycles. The molecule has 0 aromatic heterocycles. The van der Waals surface area contributed by atoms with E-state index in [1.54, 1.807) is 0 Å². The van der Waals surface area contributed by atoms with Gasteiger partial charge in [0.25, 0.3) is 0 Å². The fourth-order valence-electron chi connectivity index (χ4n) is 4.10. The van der Waals surface area contributed by atoms with Crippen LogP contribution in [0, 0.1) is 0 Å². The quantitative estimate of drug-likeness (QED) is 0.410. The van der Waals surface area contributed by atoms with Crippen molar-refractivity contribution in [2.75, 3.05) is 0 Å². The average molecular weight is 447 g/mol. The van der Waals surface area contributed by atoms with Gasteiger partial charge in [-0.25, -0.2) is 0 Å². The first kappa shape index (κ1) is 18.9. The van der Waals surface area contributed by atoms with Crippen LogP contribution in [0.2, 0.25) is 0 Å². The van der Waals surface area contributed by atoms with Crippen molar-refractivity contribution in [3.05, 3.63) is 107 Å². The number of hydrogen-bond acceptors (Lipinski definition) is 0. The zero-order valence-corrected chi connectivity index (χ0v) is 18.1. The monoisotopic (exact) mass is 444 g/mol. The van der Waals surface area contributed by atoms with E-state index >= 15 is 0 Å². The summed E-state index contributed by atoms with van der Waals surface area (Å²) in [5.41, 5.74) is 5.94. The van der Waals surface area contributed by atoms with Crippen molar-refractivity contribution in [1.82, 2.24) is 0 Å². The summed E-state index contributed by atoms with van der Waals surface area (Å²) < 4.78 is 0. The minimum absolute atomic E-state index is 0.117. The molecule has 4 rings (SSSR count). The summed E-state index contributed by atoms with van der Waals surface area (Å²) in [5, 5.41) is 0. The predicted octanol–water partition coefficient (Wildman–Crippen LogP) is 6.71. The Labute approximate surface area is 168 Å². The molecule has 0 spiro atoms. The Hall–Kier alpha value is -0.877. The van der Waals surface area contributed by atoms with Gasteiger partial charge in [0.2, 0.25) is 0 Å². The summed E-state index contributed by atoms with van der Waals surface area (Å²) >= 11 is -0.826. The summed E-state index contributed by atoms with van der Waals surface area (Å²) in [6.07, 6.45) is 1.10. The zero-order valence-electron chi connectivity index (χ0n) is 14.1. The maximum absolute atomic E-state index is 4.93. The van der Waals surface area contributed by atoms with Crippen molar-refractivity contribution >= 4 is 17.0 Å². The third-order valence-electron chi connectivity index (χ3n) is 5.13. The predicted molar refractivity (Wildman–Crippen MR) is 104 cm³/mol. The summed E-state index contributed by atoms with van der Waals surface area (Å²) in [5.74, 6) is 0.423. The molecule has 1 aliphatic carbocycles. The second kappa shape index (κ2) is 8.67. The summed E-state index contributed by atoms with van der Waals surface area (Å²) in [4.78, 5) is 0. The summed E-state index contributed by atoms with van der Waals surface area (Å²) in [6, 6.07) is 30.9. The third-order valence-corrected chi connectivity index (χ3v) is 5.13. The number of hydrogen-bond donors (Lipinski definition) is 0. The number of rotatable bonds is 2. The van der Waals surface area contributed by atoms with E-state index in [9.17, 15) is 0 Å². The molecule has 0 heterocycles. The Bertz CT molecular complexity index is 805. The molecule has 25 heavy (non-hydrogen) atoms. The molecule has 0 radical (unpaired) electrons. The first-order chi connectivity index (χ1) is 12.2. The molecule has 0 fully saturated rings. The second-order valence-electron chi connectivity index (χ2n) is 6.57. The third kappa shape index (κ3) is 3.95. The van der Waals surface area contributed by atoms with Crippen molar-refractivity contribution in [1.29, 1.82) is 0 Å². The maximum atomic E-state index is 4.93. The van der Waals surface area contributed by atoms with Crippen molar-refractivity contribution in [2.45, 2.75) is 24.7 Å². The number of benzene rings is 3. The molecule has 0 N–H and O–H groups in total. The fourth-order valence-corrected chi connectivity index (χ4v) is 4.10. The molecule has 3 aromatic rings. The number of fused-ring (bicyclic) bond motifs is 1. The molecule has 0 saturated heterocycles. The van der Waals surface area contributed by atoms with E-state index in [4.69, 9.17) is 17.0 Å². The van der Waals surface area contributed by atoms with E-state index in [0.29, 0.717) is 5.92 Å². The molecule has 3 heteroatoms. The SMILES string of the molecule is CC1(c2ccccc2)Cc2ccccc2C1c1ccccc1.[Cl][Zr][Cl]. The average Bonchev–Trinajstić information content (AvgIpc) is 2.97. The Balaban J connectivity index is 0.000000569. The molecular formula is C22H20Cl2Zr. The molecule has 0 nitrogen and oxygen atoms in total. The molecule has 2 unspecified atom stereocenters. The van der Waals surface area contributed by atoms with Gasteiger partial charge in [0.05, 0.1) is 0 Å². The van der Waals surface area contributed by atoms with Crippen LogP contribution in [-0.4, -0.2) is 0 Å². The molecule has 0 amide bonds.